The van der Waals surface area contributed by atoms with E-state index < -0.39 is 42.7 Å². The van der Waals surface area contributed by atoms with Crippen LogP contribution in [-0.2, 0) is 9.59 Å². The first-order valence-corrected chi connectivity index (χ1v) is 15.0. The number of nitrogens with one attached hydrogen (secondary N) is 4. The van der Waals surface area contributed by atoms with E-state index in [2.05, 4.69) is 36.1 Å². The van der Waals surface area contributed by atoms with Crippen LogP contribution < -0.4 is 27.1 Å². The van der Waals surface area contributed by atoms with Crippen LogP contribution in [0.1, 0.15) is 32.1 Å². The Morgan fingerprint density at radius 2 is 1.67 bits per heavy atom. The average Bonchev–Trinajstić information content (AvgIpc) is 3.68. The number of fused-ring (bicyclic) bond motifs is 1. The fourth-order valence-corrected chi connectivity index (χ4v) is 7.80. The molecule has 220 valence electrons. The molecule has 6 heterocycles. The third kappa shape index (κ3) is 5.68. The molecule has 0 aromatic heterocycles. The second kappa shape index (κ2) is 11.8. The van der Waals surface area contributed by atoms with Gasteiger partial charge in [-0.15, -0.1) is 0 Å². The monoisotopic (exact) mass is 553 g/mol. The van der Waals surface area contributed by atoms with Crippen LogP contribution in [0.5, 0.6) is 0 Å². The molecule has 0 aliphatic carbocycles. The van der Waals surface area contributed by atoms with E-state index in [1.54, 1.807) is 5.01 Å². The first-order chi connectivity index (χ1) is 18.9. The zero-order valence-corrected chi connectivity index (χ0v) is 22.7. The summed E-state index contributed by atoms with van der Waals surface area (Å²) in [4.78, 5) is 33.4. The van der Waals surface area contributed by atoms with Crippen molar-refractivity contribution in [3.8, 4) is 0 Å². The van der Waals surface area contributed by atoms with Crippen LogP contribution in [0.4, 0.5) is 8.78 Å². The molecule has 2 amide bonds. The lowest BCUT2D eigenvalue weighted by atomic mass is 9.90. The molecule has 6 saturated heterocycles. The van der Waals surface area contributed by atoms with E-state index in [9.17, 15) is 14.0 Å². The van der Waals surface area contributed by atoms with Crippen molar-refractivity contribution in [1.82, 2.24) is 41.1 Å². The highest BCUT2D eigenvalue weighted by Crippen LogP contribution is 2.29. The maximum Gasteiger partial charge on any atom is 0.229 e. The Hall–Kier alpha value is -1.48. The van der Waals surface area contributed by atoms with Crippen molar-refractivity contribution in [1.29, 1.82) is 0 Å². The van der Waals surface area contributed by atoms with Crippen molar-refractivity contribution in [2.24, 2.45) is 17.6 Å². The predicted octanol–water partition coefficient (Wildman–Crippen LogP) is -1.82. The van der Waals surface area contributed by atoms with Gasteiger partial charge in [-0.05, 0) is 58.3 Å². The van der Waals surface area contributed by atoms with Gasteiger partial charge in [-0.25, -0.2) is 19.2 Å². The Morgan fingerprint density at radius 1 is 0.897 bits per heavy atom. The Bertz CT molecular complexity index is 887. The molecule has 6 rings (SSSR count). The standard InChI is InChI=1S/C26H45F2N9O2/c27-17-11-31-24-21(23(29)33-37(24)14-17)25(38)32-20-13-30-12-19(28)22(20)35-8-3-16(4-9-35)26(39)36-10-5-18(15-36)34-6-1-2-7-34/h16-24,30-31,33H,1-15,29H2,(H,32,38)/t17?,18-,19?,20?,21?,22?,23?,24?/m0/s1. The highest BCUT2D eigenvalue weighted by Gasteiger charge is 2.49. The van der Waals surface area contributed by atoms with Gasteiger partial charge in [-0.3, -0.25) is 24.7 Å². The molecular formula is C26H45F2N9O2. The lowest BCUT2D eigenvalue weighted by molar-refractivity contribution is -0.136. The SMILES string of the molecule is NC1NN2CC(F)CNC2C1C(=O)NC1CNCC(F)C1N1CCC(C(=O)N2CC[C@H](N3CCCC3)C2)CC1. The Kier molecular flexibility index (Phi) is 8.37. The Labute approximate surface area is 229 Å². The van der Waals surface area contributed by atoms with E-state index in [-0.39, 0.29) is 37.4 Å². The number of nitrogens with two attached hydrogens (primary N) is 1. The largest absolute Gasteiger partial charge is 0.350 e. The lowest BCUT2D eigenvalue weighted by Gasteiger charge is -2.45. The molecule has 11 nitrogen and oxygen atoms in total. The van der Waals surface area contributed by atoms with Gasteiger partial charge in [0.2, 0.25) is 11.8 Å². The molecule has 6 aliphatic heterocycles. The predicted molar refractivity (Wildman–Crippen MR) is 142 cm³/mol. The normalized spacial score (nSPS) is 41.2. The second-order valence-corrected chi connectivity index (χ2v) is 12.3. The molecule has 6 aliphatic rings. The smallest absolute Gasteiger partial charge is 0.229 e. The molecule has 0 aromatic rings. The summed E-state index contributed by atoms with van der Waals surface area (Å²) in [5.74, 6) is -0.640. The van der Waals surface area contributed by atoms with E-state index in [1.165, 1.54) is 12.8 Å². The third-order valence-electron chi connectivity index (χ3n) is 9.87. The molecule has 0 bridgehead atoms. The zero-order chi connectivity index (χ0) is 27.1. The van der Waals surface area contributed by atoms with Crippen molar-refractivity contribution >= 4 is 11.8 Å². The molecule has 0 radical (unpaired) electrons. The van der Waals surface area contributed by atoms with Gasteiger partial charge in [0, 0.05) is 51.2 Å². The maximum atomic E-state index is 15.4. The van der Waals surface area contributed by atoms with Gasteiger partial charge < -0.3 is 21.3 Å². The maximum absolute atomic E-state index is 15.4. The Balaban J connectivity index is 1.04. The van der Waals surface area contributed by atoms with Gasteiger partial charge in [0.1, 0.15) is 12.3 Å². The fourth-order valence-electron chi connectivity index (χ4n) is 7.80. The molecule has 8 atom stereocenters. The number of halogens is 2. The number of alkyl halides is 2. The van der Waals surface area contributed by atoms with E-state index in [0.717, 1.165) is 32.6 Å². The van der Waals surface area contributed by atoms with E-state index in [0.29, 0.717) is 38.5 Å². The van der Waals surface area contributed by atoms with Crippen LogP contribution in [0.3, 0.4) is 0 Å². The number of carbonyl (C=O) groups excluding carboxylic acids is 2. The number of hydrazine groups is 1. The third-order valence-corrected chi connectivity index (χ3v) is 9.87. The van der Waals surface area contributed by atoms with E-state index in [4.69, 9.17) is 5.73 Å². The topological polar surface area (TPSA) is 121 Å². The average molecular weight is 554 g/mol. The summed E-state index contributed by atoms with van der Waals surface area (Å²) in [6, 6.07) is -0.388. The summed E-state index contributed by atoms with van der Waals surface area (Å²) in [6.07, 6.45) is 1.78. The number of likely N-dealkylation sites (tertiary alicyclic amines) is 3. The van der Waals surface area contributed by atoms with Crippen LogP contribution in [0.25, 0.3) is 0 Å². The van der Waals surface area contributed by atoms with Gasteiger partial charge >= 0.3 is 0 Å². The zero-order valence-electron chi connectivity index (χ0n) is 22.7. The quantitative estimate of drug-likeness (QED) is 0.268. The number of amides is 2. The van der Waals surface area contributed by atoms with Crippen molar-refractivity contribution in [2.75, 3.05) is 65.4 Å². The first-order valence-electron chi connectivity index (χ1n) is 15.0. The summed E-state index contributed by atoms with van der Waals surface area (Å²) in [5.41, 5.74) is 9.22. The minimum atomic E-state index is -1.14. The van der Waals surface area contributed by atoms with Crippen molar-refractivity contribution in [2.45, 2.75) is 74.9 Å². The summed E-state index contributed by atoms with van der Waals surface area (Å²) < 4.78 is 29.2. The van der Waals surface area contributed by atoms with Crippen molar-refractivity contribution in [3.05, 3.63) is 0 Å². The van der Waals surface area contributed by atoms with Crippen LogP contribution in [-0.4, -0.2) is 140 Å². The molecule has 6 N–H and O–H groups in total. The first kappa shape index (κ1) is 27.7. The molecule has 0 aromatic carbocycles. The van der Waals surface area contributed by atoms with E-state index >= 15 is 4.39 Å². The van der Waals surface area contributed by atoms with Gasteiger partial charge in [0.05, 0.1) is 30.3 Å². The van der Waals surface area contributed by atoms with Gasteiger partial charge in [0.25, 0.3) is 0 Å². The summed E-state index contributed by atoms with van der Waals surface area (Å²) in [5, 5.41) is 10.9. The van der Waals surface area contributed by atoms with E-state index in [1.807, 2.05) is 0 Å². The van der Waals surface area contributed by atoms with Crippen LogP contribution in [0, 0.1) is 11.8 Å². The number of carbonyl (C=O) groups is 2. The number of rotatable bonds is 5. The van der Waals surface area contributed by atoms with Crippen molar-refractivity contribution in [3.63, 3.8) is 0 Å². The lowest BCUT2D eigenvalue weighted by Crippen LogP contribution is -2.67. The number of nitrogens with zero attached hydrogens (tertiary/aromatic N) is 4. The van der Waals surface area contributed by atoms with Crippen LogP contribution >= 0.6 is 0 Å². The summed E-state index contributed by atoms with van der Waals surface area (Å²) in [7, 11) is 0. The Morgan fingerprint density at radius 3 is 2.44 bits per heavy atom. The van der Waals surface area contributed by atoms with Crippen LogP contribution in [0.2, 0.25) is 0 Å². The highest BCUT2D eigenvalue weighted by atomic mass is 19.1. The van der Waals surface area contributed by atoms with Gasteiger partial charge in [-0.2, -0.15) is 0 Å². The van der Waals surface area contributed by atoms with Gasteiger partial charge in [0.15, 0.2) is 0 Å². The van der Waals surface area contributed by atoms with Gasteiger partial charge in [-0.1, -0.05) is 0 Å². The molecule has 0 saturated carbocycles. The molecule has 39 heavy (non-hydrogen) atoms. The number of piperidine rings is 2. The molecule has 13 heteroatoms. The minimum absolute atomic E-state index is 0.0170. The summed E-state index contributed by atoms with van der Waals surface area (Å²) >= 11 is 0. The molecule has 0 spiro atoms. The fraction of sp³-hybridized carbons (Fsp3) is 0.923. The highest BCUT2D eigenvalue weighted by molar-refractivity contribution is 5.81. The number of hydrogen-bond acceptors (Lipinski definition) is 9. The van der Waals surface area contributed by atoms with Crippen molar-refractivity contribution < 1.29 is 18.4 Å². The molecule has 6 fully saturated rings. The summed E-state index contributed by atoms with van der Waals surface area (Å²) in [6.45, 7) is 6.29. The molecular weight excluding hydrogens is 508 g/mol. The molecule has 7 unspecified atom stereocenters. The minimum Gasteiger partial charge on any atom is -0.350 e. The second-order valence-electron chi connectivity index (χ2n) is 12.3. The number of hydrogen-bond donors (Lipinski definition) is 5. The van der Waals surface area contributed by atoms with Crippen LogP contribution in [0.15, 0.2) is 0 Å².